The van der Waals surface area contributed by atoms with Crippen LogP contribution in [0, 0.1) is 0 Å². The van der Waals surface area contributed by atoms with Crippen LogP contribution in [0.25, 0.3) is 0 Å². The number of hydrogen-bond acceptors (Lipinski definition) is 1. The predicted octanol–water partition coefficient (Wildman–Crippen LogP) is 2.40. The van der Waals surface area contributed by atoms with Crippen molar-refractivity contribution in [3.8, 4) is 0 Å². The Balaban J connectivity index is 3.40. The molecule has 2 heteroatoms. The quantitative estimate of drug-likeness (QED) is 0.562. The van der Waals surface area contributed by atoms with Gasteiger partial charge in [0.25, 0.3) is 0 Å². The van der Waals surface area contributed by atoms with Gasteiger partial charge in [-0.2, -0.15) is 0 Å². The molecule has 0 saturated heterocycles. The zero-order valence-corrected chi connectivity index (χ0v) is 9.38. The van der Waals surface area contributed by atoms with Crippen molar-refractivity contribution in [1.29, 1.82) is 0 Å². The number of hydrogen-bond donors (Lipinski definition) is 0. The van der Waals surface area contributed by atoms with Crippen LogP contribution in [0.15, 0.2) is 0 Å². The number of carbonyl (C=O) groups is 1. The van der Waals surface area contributed by atoms with Crippen LogP contribution in [0.3, 0.4) is 0 Å². The van der Waals surface area contributed by atoms with Gasteiger partial charge >= 0.3 is 0 Å². The fourth-order valence-corrected chi connectivity index (χ4v) is 2.68. The molecule has 0 spiro atoms. The van der Waals surface area contributed by atoms with Gasteiger partial charge in [-0.15, -0.1) is 0 Å². The summed E-state index contributed by atoms with van der Waals surface area (Å²) in [6.45, 7) is 4.31. The van der Waals surface area contributed by atoms with Crippen LogP contribution in [0.4, 0.5) is 0 Å². The van der Waals surface area contributed by atoms with E-state index in [1.165, 1.54) is 12.2 Å². The second-order valence-electron chi connectivity index (χ2n) is 3.27. The molecule has 0 aliphatic carbocycles. The van der Waals surface area contributed by atoms with E-state index in [2.05, 4.69) is 20.1 Å². The first kappa shape index (κ1) is 12.0. The molecule has 0 saturated carbocycles. The highest BCUT2D eigenvalue weighted by atomic mass is 32.2. The molecule has 1 nitrogen and oxygen atoms in total. The summed E-state index contributed by atoms with van der Waals surface area (Å²) in [5, 5.41) is 0. The molecule has 0 aliphatic rings. The largest absolute Gasteiger partial charge is 0.294 e. The number of rotatable bonds is 7. The Morgan fingerprint density at radius 2 is 1.92 bits per heavy atom. The summed E-state index contributed by atoms with van der Waals surface area (Å²) in [7, 11) is 0.347. The van der Waals surface area contributed by atoms with Gasteiger partial charge in [0.05, 0.1) is 6.26 Å². The Kier molecular flexibility index (Phi) is 7.67. The minimum atomic E-state index is 0.347. The Morgan fingerprint density at radius 1 is 1.25 bits per heavy atom. The van der Waals surface area contributed by atoms with Gasteiger partial charge in [-0.05, 0) is 23.7 Å². The monoisotopic (exact) mass is 189 g/mol. The average molecular weight is 189 g/mol. The molecule has 0 amide bonds. The van der Waals surface area contributed by atoms with Gasteiger partial charge in [0.2, 0.25) is 0 Å². The smallest absolute Gasteiger partial charge is 0.181 e. The molecule has 0 bridgehead atoms. The van der Waals surface area contributed by atoms with E-state index in [1.807, 2.05) is 0 Å². The van der Waals surface area contributed by atoms with E-state index in [0.29, 0.717) is 16.7 Å². The highest BCUT2D eigenvalue weighted by molar-refractivity contribution is 7.96. The zero-order chi connectivity index (χ0) is 9.40. The fraction of sp³-hybridized carbons (Fsp3) is 0.900. The van der Waals surface area contributed by atoms with Crippen molar-refractivity contribution < 1.29 is 4.79 Å². The maximum atomic E-state index is 11.3. The van der Waals surface area contributed by atoms with Gasteiger partial charge in [0.15, 0.2) is 11.5 Å². The predicted molar refractivity (Wildman–Crippen MR) is 57.8 cm³/mol. The van der Waals surface area contributed by atoms with Gasteiger partial charge in [-0.25, -0.2) is 0 Å². The Hall–Kier alpha value is 0.0200. The summed E-state index contributed by atoms with van der Waals surface area (Å²) in [5.74, 6) is 2.52. The van der Waals surface area contributed by atoms with Gasteiger partial charge in [-0.1, -0.05) is 20.3 Å². The summed E-state index contributed by atoms with van der Waals surface area (Å²) < 4.78 is 0. The lowest BCUT2D eigenvalue weighted by molar-refractivity contribution is -0.116. The summed E-state index contributed by atoms with van der Waals surface area (Å²) >= 11 is 0. The third-order valence-corrected chi connectivity index (χ3v) is 3.69. The minimum absolute atomic E-state index is 0.347. The molecular weight excluding hydrogens is 168 g/mol. The lowest BCUT2D eigenvalue weighted by Crippen LogP contribution is -2.17. The Labute approximate surface area is 79.3 Å². The van der Waals surface area contributed by atoms with Gasteiger partial charge < -0.3 is 0 Å². The lowest BCUT2D eigenvalue weighted by atomic mass is 10.2. The van der Waals surface area contributed by atoms with Crippen LogP contribution in [0.2, 0.25) is 0 Å². The number of unbranched alkanes of at least 4 members (excludes halogenated alkanes) is 1. The van der Waals surface area contributed by atoms with Crippen molar-refractivity contribution >= 4 is 16.7 Å². The molecule has 1 atom stereocenters. The molecule has 0 radical (unpaired) electrons. The molecule has 0 aromatic heterocycles. The SMILES string of the molecule is CCCCC(=O)C[S+](C)CCC. The third kappa shape index (κ3) is 6.71. The summed E-state index contributed by atoms with van der Waals surface area (Å²) in [4.78, 5) is 11.3. The van der Waals surface area contributed by atoms with E-state index in [4.69, 9.17) is 0 Å². The molecule has 0 heterocycles. The van der Waals surface area contributed by atoms with Crippen molar-refractivity contribution in [1.82, 2.24) is 0 Å². The first-order valence-corrected chi connectivity index (χ1v) is 6.78. The topological polar surface area (TPSA) is 17.1 Å². The normalized spacial score (nSPS) is 12.9. The lowest BCUT2D eigenvalue weighted by Gasteiger charge is -2.00. The maximum Gasteiger partial charge on any atom is 0.181 e. The van der Waals surface area contributed by atoms with Crippen LogP contribution < -0.4 is 0 Å². The molecule has 0 rings (SSSR count). The second kappa shape index (κ2) is 7.66. The van der Waals surface area contributed by atoms with Crippen LogP contribution in [-0.4, -0.2) is 23.5 Å². The first-order valence-electron chi connectivity index (χ1n) is 4.81. The summed E-state index contributed by atoms with van der Waals surface area (Å²) in [5.41, 5.74) is 0. The molecule has 1 unspecified atom stereocenters. The number of carbonyl (C=O) groups excluding carboxylic acids is 1. The van der Waals surface area contributed by atoms with E-state index in [-0.39, 0.29) is 0 Å². The van der Waals surface area contributed by atoms with Crippen molar-refractivity contribution in [2.45, 2.75) is 39.5 Å². The average Bonchev–Trinajstić information content (AvgIpc) is 2.01. The zero-order valence-electron chi connectivity index (χ0n) is 8.56. The van der Waals surface area contributed by atoms with Crippen LogP contribution in [0.1, 0.15) is 39.5 Å². The van der Waals surface area contributed by atoms with Crippen molar-refractivity contribution in [2.75, 3.05) is 17.8 Å². The molecular formula is C10H21OS+. The summed E-state index contributed by atoms with van der Waals surface area (Å²) in [6, 6.07) is 0. The number of ketones is 1. The first-order chi connectivity index (χ1) is 5.70. The second-order valence-corrected chi connectivity index (χ2v) is 5.53. The Bertz CT molecular complexity index is 123. The van der Waals surface area contributed by atoms with Crippen molar-refractivity contribution in [2.24, 2.45) is 0 Å². The molecule has 0 aromatic carbocycles. The molecule has 0 aliphatic heterocycles. The van der Waals surface area contributed by atoms with E-state index in [1.54, 1.807) is 0 Å². The number of Topliss-reactive ketones (excluding diaryl/α,β-unsaturated/α-hetero) is 1. The standard InChI is InChI=1S/C10H21OS/c1-4-6-7-10(11)9-12(3)8-5-2/h4-9H2,1-3H3/q+1. The van der Waals surface area contributed by atoms with Gasteiger partial charge in [0.1, 0.15) is 5.75 Å². The van der Waals surface area contributed by atoms with Gasteiger partial charge in [0, 0.05) is 6.42 Å². The van der Waals surface area contributed by atoms with Crippen molar-refractivity contribution in [3.05, 3.63) is 0 Å². The Morgan fingerprint density at radius 3 is 2.42 bits per heavy atom. The molecule has 12 heavy (non-hydrogen) atoms. The van der Waals surface area contributed by atoms with E-state index < -0.39 is 0 Å². The molecule has 0 aromatic rings. The van der Waals surface area contributed by atoms with Crippen LogP contribution in [-0.2, 0) is 15.7 Å². The van der Waals surface area contributed by atoms with E-state index in [0.717, 1.165) is 25.0 Å². The molecule has 0 N–H and O–H groups in total. The third-order valence-electron chi connectivity index (χ3n) is 1.77. The fourth-order valence-electron chi connectivity index (χ4n) is 1.14. The van der Waals surface area contributed by atoms with Gasteiger partial charge in [-0.3, -0.25) is 4.79 Å². The van der Waals surface area contributed by atoms with Crippen LogP contribution >= 0.6 is 0 Å². The highest BCUT2D eigenvalue weighted by Gasteiger charge is 2.14. The maximum absolute atomic E-state index is 11.3. The highest BCUT2D eigenvalue weighted by Crippen LogP contribution is 2.00. The van der Waals surface area contributed by atoms with Crippen LogP contribution in [0.5, 0.6) is 0 Å². The molecule has 0 fully saturated rings. The summed E-state index contributed by atoms with van der Waals surface area (Å²) in [6.07, 6.45) is 6.42. The van der Waals surface area contributed by atoms with Crippen molar-refractivity contribution in [3.63, 3.8) is 0 Å². The minimum Gasteiger partial charge on any atom is -0.294 e. The van der Waals surface area contributed by atoms with E-state index >= 15 is 0 Å². The van der Waals surface area contributed by atoms with E-state index in [9.17, 15) is 4.79 Å². The molecule has 72 valence electrons.